The molecule has 0 saturated carbocycles. The van der Waals surface area contributed by atoms with Crippen LogP contribution in [-0.2, 0) is 6.61 Å². The zero-order valence-electron chi connectivity index (χ0n) is 15.0. The van der Waals surface area contributed by atoms with E-state index in [1.54, 1.807) is 35.9 Å². The number of likely N-dealkylation sites (tertiary alicyclic amines) is 1. The molecule has 1 aliphatic rings. The van der Waals surface area contributed by atoms with Crippen LogP contribution in [0.5, 0.6) is 5.75 Å². The predicted octanol–water partition coefficient (Wildman–Crippen LogP) is 3.80. The minimum atomic E-state index is -0.0683. The maximum absolute atomic E-state index is 13.1. The Morgan fingerprint density at radius 2 is 2.15 bits per heavy atom. The second-order valence-electron chi connectivity index (χ2n) is 6.44. The molecule has 3 heterocycles. The van der Waals surface area contributed by atoms with Crippen LogP contribution >= 0.6 is 11.3 Å². The maximum atomic E-state index is 13.1. The minimum Gasteiger partial charge on any atom is -0.487 e. The summed E-state index contributed by atoms with van der Waals surface area (Å²) in [5.41, 5.74) is 1.51. The van der Waals surface area contributed by atoms with Crippen molar-refractivity contribution in [1.82, 2.24) is 19.9 Å². The molecule has 0 N–H and O–H groups in total. The molecular weight excluding hydrogens is 360 g/mol. The van der Waals surface area contributed by atoms with Gasteiger partial charge in [0, 0.05) is 29.9 Å². The number of hydrogen-bond donors (Lipinski definition) is 0. The molecule has 1 atom stereocenters. The Balaban J connectivity index is 1.48. The van der Waals surface area contributed by atoms with Crippen molar-refractivity contribution in [3.05, 3.63) is 70.2 Å². The highest BCUT2D eigenvalue weighted by molar-refractivity contribution is 7.09. The summed E-state index contributed by atoms with van der Waals surface area (Å²) in [4.78, 5) is 28.0. The highest BCUT2D eigenvalue weighted by Crippen LogP contribution is 2.31. The van der Waals surface area contributed by atoms with Crippen LogP contribution in [0, 0.1) is 6.92 Å². The summed E-state index contributed by atoms with van der Waals surface area (Å²) in [7, 11) is 0. The van der Waals surface area contributed by atoms with Gasteiger partial charge in [0.2, 0.25) is 0 Å². The van der Waals surface area contributed by atoms with Gasteiger partial charge in [0.05, 0.1) is 16.7 Å². The molecule has 4 rings (SSSR count). The molecule has 0 bridgehead atoms. The number of hydrogen-bond acceptors (Lipinski definition) is 6. The molecule has 2 aromatic heterocycles. The van der Waals surface area contributed by atoms with Crippen molar-refractivity contribution in [2.24, 2.45) is 0 Å². The zero-order chi connectivity index (χ0) is 18.6. The fourth-order valence-corrected chi connectivity index (χ4v) is 3.87. The largest absolute Gasteiger partial charge is 0.487 e. The van der Waals surface area contributed by atoms with E-state index in [0.717, 1.165) is 23.5 Å². The number of aromatic nitrogens is 3. The first-order valence-electron chi connectivity index (χ1n) is 8.92. The molecule has 3 aromatic rings. The van der Waals surface area contributed by atoms with Crippen molar-refractivity contribution in [2.75, 3.05) is 6.54 Å². The Hall–Kier alpha value is -2.80. The number of aryl methyl sites for hydroxylation is 1. The van der Waals surface area contributed by atoms with Crippen LogP contribution in [0.15, 0.2) is 48.1 Å². The number of rotatable bonds is 5. The van der Waals surface area contributed by atoms with Crippen LogP contribution in [0.25, 0.3) is 0 Å². The molecule has 1 fully saturated rings. The smallest absolute Gasteiger partial charge is 0.254 e. The van der Waals surface area contributed by atoms with Gasteiger partial charge < -0.3 is 9.64 Å². The molecule has 1 unspecified atom stereocenters. The first kappa shape index (κ1) is 17.6. The molecule has 0 radical (unpaired) electrons. The van der Waals surface area contributed by atoms with Gasteiger partial charge in [-0.05, 0) is 44.0 Å². The maximum Gasteiger partial charge on any atom is 0.254 e. The van der Waals surface area contributed by atoms with Gasteiger partial charge in [-0.25, -0.2) is 15.0 Å². The summed E-state index contributed by atoms with van der Waals surface area (Å²) in [6.45, 7) is 3.08. The summed E-state index contributed by atoms with van der Waals surface area (Å²) < 4.78 is 5.82. The van der Waals surface area contributed by atoms with Gasteiger partial charge in [-0.1, -0.05) is 6.07 Å². The predicted molar refractivity (Wildman–Crippen MR) is 103 cm³/mol. The van der Waals surface area contributed by atoms with E-state index in [1.165, 1.54) is 0 Å². The third kappa shape index (κ3) is 3.98. The summed E-state index contributed by atoms with van der Waals surface area (Å²) in [5, 5.41) is 3.00. The third-order valence-corrected chi connectivity index (χ3v) is 5.35. The van der Waals surface area contributed by atoms with Crippen molar-refractivity contribution < 1.29 is 9.53 Å². The fraction of sp³-hybridized carbons (Fsp3) is 0.300. The van der Waals surface area contributed by atoms with Gasteiger partial charge in [-0.3, -0.25) is 4.79 Å². The van der Waals surface area contributed by atoms with Gasteiger partial charge in [-0.2, -0.15) is 0 Å². The van der Waals surface area contributed by atoms with Gasteiger partial charge in [0.25, 0.3) is 5.91 Å². The normalized spacial score (nSPS) is 16.5. The van der Waals surface area contributed by atoms with Crippen LogP contribution in [0.4, 0.5) is 0 Å². The first-order chi connectivity index (χ1) is 13.2. The molecule has 1 saturated heterocycles. The van der Waals surface area contributed by atoms with Crippen LogP contribution < -0.4 is 4.74 Å². The molecule has 0 spiro atoms. The monoisotopic (exact) mass is 380 g/mol. The molecule has 6 nitrogen and oxygen atoms in total. The van der Waals surface area contributed by atoms with E-state index in [9.17, 15) is 4.79 Å². The van der Waals surface area contributed by atoms with Gasteiger partial charge >= 0.3 is 0 Å². The van der Waals surface area contributed by atoms with E-state index in [0.29, 0.717) is 30.3 Å². The fourth-order valence-electron chi connectivity index (χ4n) is 3.28. The second-order valence-corrected chi connectivity index (χ2v) is 7.50. The summed E-state index contributed by atoms with van der Waals surface area (Å²) in [6.07, 6.45) is 5.28. The Morgan fingerprint density at radius 1 is 1.30 bits per heavy atom. The van der Waals surface area contributed by atoms with Crippen molar-refractivity contribution >= 4 is 17.2 Å². The van der Waals surface area contributed by atoms with E-state index < -0.39 is 0 Å². The zero-order valence-corrected chi connectivity index (χ0v) is 15.9. The number of benzene rings is 1. The van der Waals surface area contributed by atoms with Crippen LogP contribution in [0.3, 0.4) is 0 Å². The summed E-state index contributed by atoms with van der Waals surface area (Å²) in [6, 6.07) is 9.04. The van der Waals surface area contributed by atoms with E-state index in [1.807, 2.05) is 35.4 Å². The average Bonchev–Trinajstić information content (AvgIpc) is 3.36. The molecular formula is C20H20N4O2S. The van der Waals surface area contributed by atoms with Gasteiger partial charge in [0.15, 0.2) is 5.82 Å². The molecule has 138 valence electrons. The average molecular weight is 380 g/mol. The molecule has 1 aromatic carbocycles. The third-order valence-electron chi connectivity index (χ3n) is 4.53. The van der Waals surface area contributed by atoms with Gasteiger partial charge in [-0.15, -0.1) is 11.3 Å². The Labute approximate surface area is 161 Å². The lowest BCUT2D eigenvalue weighted by atomic mass is 10.1. The van der Waals surface area contributed by atoms with Crippen LogP contribution in [0.2, 0.25) is 0 Å². The standard InChI is InChI=1S/C20H20N4O2S/c1-14-23-16(13-27-14)12-26-17-6-2-5-15(11-17)20(25)24-10-3-7-18(24)19-21-8-4-9-22-19/h2,4-6,8-9,11,13,18H,3,7,10,12H2,1H3. The summed E-state index contributed by atoms with van der Waals surface area (Å²) in [5.74, 6) is 1.35. The second kappa shape index (κ2) is 7.84. The Bertz CT molecular complexity index is 928. The minimum absolute atomic E-state index is 0.0140. The number of thiazole rings is 1. The molecule has 7 heteroatoms. The number of nitrogens with zero attached hydrogens (tertiary/aromatic N) is 4. The quantitative estimate of drug-likeness (QED) is 0.673. The van der Waals surface area contributed by atoms with E-state index in [-0.39, 0.29) is 11.9 Å². The first-order valence-corrected chi connectivity index (χ1v) is 9.80. The van der Waals surface area contributed by atoms with E-state index >= 15 is 0 Å². The van der Waals surface area contributed by atoms with Crippen molar-refractivity contribution in [2.45, 2.75) is 32.4 Å². The topological polar surface area (TPSA) is 68.2 Å². The highest BCUT2D eigenvalue weighted by atomic mass is 32.1. The lowest BCUT2D eigenvalue weighted by molar-refractivity contribution is 0.0729. The van der Waals surface area contributed by atoms with Crippen molar-refractivity contribution in [3.63, 3.8) is 0 Å². The summed E-state index contributed by atoms with van der Waals surface area (Å²) >= 11 is 1.60. The number of amides is 1. The van der Waals surface area contributed by atoms with Gasteiger partial charge in [0.1, 0.15) is 12.4 Å². The Kier molecular flexibility index (Phi) is 5.11. The lowest BCUT2D eigenvalue weighted by Crippen LogP contribution is -2.31. The van der Waals surface area contributed by atoms with E-state index in [2.05, 4.69) is 15.0 Å². The highest BCUT2D eigenvalue weighted by Gasteiger charge is 2.32. The Morgan fingerprint density at radius 3 is 2.93 bits per heavy atom. The molecule has 27 heavy (non-hydrogen) atoms. The number of ether oxygens (including phenoxy) is 1. The molecule has 0 aliphatic carbocycles. The SMILES string of the molecule is Cc1nc(COc2cccc(C(=O)N3CCCC3c3ncccn3)c2)cs1. The van der Waals surface area contributed by atoms with Crippen molar-refractivity contribution in [3.8, 4) is 5.75 Å². The number of carbonyl (C=O) groups excluding carboxylic acids is 1. The number of carbonyl (C=O) groups is 1. The van der Waals surface area contributed by atoms with Crippen LogP contribution in [-0.4, -0.2) is 32.3 Å². The van der Waals surface area contributed by atoms with E-state index in [4.69, 9.17) is 4.74 Å². The molecule has 1 aliphatic heterocycles. The van der Waals surface area contributed by atoms with Crippen molar-refractivity contribution in [1.29, 1.82) is 0 Å². The lowest BCUT2D eigenvalue weighted by Gasteiger charge is -2.23. The molecule has 1 amide bonds. The van der Waals surface area contributed by atoms with Crippen LogP contribution in [0.1, 0.15) is 45.8 Å².